The summed E-state index contributed by atoms with van der Waals surface area (Å²) in [5.74, 6) is 0.534. The lowest BCUT2D eigenvalue weighted by Gasteiger charge is -2.35. The highest BCUT2D eigenvalue weighted by Crippen LogP contribution is 2.40. The third kappa shape index (κ3) is 7.89. The van der Waals surface area contributed by atoms with E-state index in [-0.39, 0.29) is 17.2 Å². The Morgan fingerprint density at radius 1 is 1.00 bits per heavy atom. The van der Waals surface area contributed by atoms with E-state index in [0.717, 1.165) is 4.90 Å². The first-order chi connectivity index (χ1) is 21.9. The van der Waals surface area contributed by atoms with Crippen molar-refractivity contribution >= 4 is 41.1 Å². The monoisotopic (exact) mass is 633 g/mol. The van der Waals surface area contributed by atoms with E-state index in [2.05, 4.69) is 21.6 Å². The molecule has 2 atom stereocenters. The molecule has 0 aromatic heterocycles. The maximum absolute atomic E-state index is 14.5. The Bertz CT molecular complexity index is 1700. The molecule has 4 rings (SSSR count). The third-order valence-corrected chi connectivity index (χ3v) is 6.93. The molecule has 10 nitrogen and oxygen atoms in total. The number of halogens is 3. The van der Waals surface area contributed by atoms with Crippen molar-refractivity contribution in [2.75, 3.05) is 11.4 Å². The number of carbonyl (C=O) groups excluding carboxylic acids is 4. The summed E-state index contributed by atoms with van der Waals surface area (Å²) in [6, 6.07) is 19.2. The molecule has 0 spiro atoms. The quantitative estimate of drug-likeness (QED) is 0.0935. The van der Waals surface area contributed by atoms with Crippen LogP contribution in [0.3, 0.4) is 0 Å². The lowest BCUT2D eigenvalue weighted by atomic mass is 10.0. The number of esters is 2. The van der Waals surface area contributed by atoms with Crippen LogP contribution in [0.5, 0.6) is 0 Å². The molecule has 1 aliphatic heterocycles. The van der Waals surface area contributed by atoms with Crippen LogP contribution in [0.4, 0.5) is 24.5 Å². The second-order valence-electron chi connectivity index (χ2n) is 10.3. The first-order valence-electron chi connectivity index (χ1n) is 14.1. The van der Waals surface area contributed by atoms with Crippen molar-refractivity contribution < 1.29 is 37.1 Å². The molecule has 0 saturated carbocycles. The molecule has 3 aromatic carbocycles. The van der Waals surface area contributed by atoms with E-state index in [1.54, 1.807) is 72.8 Å². The lowest BCUT2D eigenvalue weighted by Crippen LogP contribution is -2.46. The van der Waals surface area contributed by atoms with Crippen LogP contribution in [0.2, 0.25) is 0 Å². The van der Waals surface area contributed by atoms with Gasteiger partial charge in [-0.1, -0.05) is 60.4 Å². The largest absolute Gasteiger partial charge is 0.491 e. The molecule has 4 N–H and O–H groups in total. The highest BCUT2D eigenvalue weighted by molar-refractivity contribution is 6.14. The molecule has 0 aliphatic carbocycles. The topological polar surface area (TPSA) is 148 Å². The van der Waals surface area contributed by atoms with Crippen LogP contribution in [-0.2, 0) is 19.1 Å². The zero-order valence-electron chi connectivity index (χ0n) is 24.7. The average molecular weight is 634 g/mol. The molecule has 1 heterocycles. The number of alkyl halides is 3. The van der Waals surface area contributed by atoms with Crippen LogP contribution < -0.4 is 16.4 Å². The zero-order valence-corrected chi connectivity index (χ0v) is 24.7. The molecule has 3 aromatic rings. The molecule has 46 heavy (non-hydrogen) atoms. The summed E-state index contributed by atoms with van der Waals surface area (Å²) in [4.78, 5) is 59.2. The fourth-order valence-electron chi connectivity index (χ4n) is 4.92. The minimum absolute atomic E-state index is 0.0254. The van der Waals surface area contributed by atoms with Crippen LogP contribution in [0.1, 0.15) is 53.7 Å². The highest BCUT2D eigenvalue weighted by atomic mass is 19.4. The van der Waals surface area contributed by atoms with E-state index in [9.17, 15) is 32.3 Å². The predicted molar refractivity (Wildman–Crippen MR) is 163 cm³/mol. The number of nitrogens with two attached hydrogens (primary N) is 2. The maximum atomic E-state index is 14.5. The summed E-state index contributed by atoms with van der Waals surface area (Å²) in [6.45, 7) is 1.77. The number of hydrogen-bond donors (Lipinski definition) is 2. The summed E-state index contributed by atoms with van der Waals surface area (Å²) in [5.41, 5.74) is 12.3. The summed E-state index contributed by atoms with van der Waals surface area (Å²) in [5, 5.41) is 0. The number of para-hydroxylation sites is 1. The Balaban J connectivity index is 1.81. The van der Waals surface area contributed by atoms with Crippen LogP contribution in [0, 0.1) is 11.8 Å². The fourth-order valence-corrected chi connectivity index (χ4v) is 4.92. The first-order valence-corrected chi connectivity index (χ1v) is 14.1. The van der Waals surface area contributed by atoms with E-state index in [1.165, 1.54) is 17.9 Å². The van der Waals surface area contributed by atoms with Crippen molar-refractivity contribution in [1.82, 2.24) is 4.90 Å². The van der Waals surface area contributed by atoms with Gasteiger partial charge in [0.05, 0.1) is 17.7 Å². The second kappa shape index (κ2) is 14.4. The Hall–Kier alpha value is -5.64. The van der Waals surface area contributed by atoms with E-state index >= 15 is 0 Å². The summed E-state index contributed by atoms with van der Waals surface area (Å²) in [7, 11) is 0. The van der Waals surface area contributed by atoms with Gasteiger partial charge in [0.1, 0.15) is 6.04 Å². The average Bonchev–Trinajstić information content (AvgIpc) is 3.10. The molecule has 0 radical (unpaired) electrons. The lowest BCUT2D eigenvalue weighted by molar-refractivity contribution is -0.202. The van der Waals surface area contributed by atoms with E-state index in [1.807, 2.05) is 0 Å². The molecule has 2 amide bonds. The van der Waals surface area contributed by atoms with Gasteiger partial charge in [-0.05, 0) is 49.2 Å². The minimum Gasteiger partial charge on any atom is -0.386 e. The number of nitrogens with zero attached hydrogens (tertiary/aromatic N) is 3. The summed E-state index contributed by atoms with van der Waals surface area (Å²) >= 11 is 0. The van der Waals surface area contributed by atoms with Gasteiger partial charge in [0.15, 0.2) is 5.96 Å². The van der Waals surface area contributed by atoms with Crippen molar-refractivity contribution in [2.24, 2.45) is 16.5 Å². The number of benzene rings is 3. The SMILES string of the molecule is CC(CC(=O)OC(=O)C(F)(F)F)N1C(=O)c2cc(C#CCCCN=C(N)N)ccc2N(c2ccccc2)C(=O)C1c1ccccc1. The molecular weight excluding hydrogens is 603 g/mol. The number of anilines is 2. The molecule has 2 unspecified atom stereocenters. The maximum Gasteiger partial charge on any atom is 0.491 e. The number of guanidine groups is 1. The van der Waals surface area contributed by atoms with Crippen molar-refractivity contribution in [3.8, 4) is 11.8 Å². The number of fused-ring (bicyclic) bond motifs is 1. The number of rotatable bonds is 8. The van der Waals surface area contributed by atoms with E-state index in [4.69, 9.17) is 11.5 Å². The molecule has 0 saturated heterocycles. The van der Waals surface area contributed by atoms with Gasteiger partial charge in [0.2, 0.25) is 0 Å². The molecule has 0 fully saturated rings. The molecule has 0 bridgehead atoms. The van der Waals surface area contributed by atoms with Crippen LogP contribution >= 0.6 is 0 Å². The van der Waals surface area contributed by atoms with Crippen LogP contribution in [0.15, 0.2) is 83.9 Å². The highest BCUT2D eigenvalue weighted by Gasteiger charge is 2.45. The molecular formula is C33H30F3N5O5. The van der Waals surface area contributed by atoms with Gasteiger partial charge in [0.25, 0.3) is 11.8 Å². The van der Waals surface area contributed by atoms with Crippen molar-refractivity contribution in [1.29, 1.82) is 0 Å². The van der Waals surface area contributed by atoms with Crippen molar-refractivity contribution in [3.63, 3.8) is 0 Å². The van der Waals surface area contributed by atoms with Gasteiger partial charge >= 0.3 is 18.1 Å². The normalized spacial score (nSPS) is 15.2. The molecule has 1 aliphatic rings. The van der Waals surface area contributed by atoms with Gasteiger partial charge in [-0.25, -0.2) is 4.79 Å². The molecule has 238 valence electrons. The Kier molecular flexibility index (Phi) is 10.4. The smallest absolute Gasteiger partial charge is 0.386 e. The first kappa shape index (κ1) is 33.3. The number of carbonyl (C=O) groups is 4. The van der Waals surface area contributed by atoms with Gasteiger partial charge in [-0.2, -0.15) is 13.2 Å². The van der Waals surface area contributed by atoms with Crippen LogP contribution in [0.25, 0.3) is 0 Å². The van der Waals surface area contributed by atoms with Gasteiger partial charge < -0.3 is 21.1 Å². The number of ether oxygens (including phenoxy) is 1. The summed E-state index contributed by atoms with van der Waals surface area (Å²) in [6.07, 6.45) is -5.16. The minimum atomic E-state index is -5.39. The number of amides is 2. The Labute approximate surface area is 262 Å². The Morgan fingerprint density at radius 2 is 1.65 bits per heavy atom. The fraction of sp³-hybridized carbons (Fsp3) is 0.242. The van der Waals surface area contributed by atoms with E-state index in [0.29, 0.717) is 36.2 Å². The molecule has 13 heteroatoms. The number of unbranched alkanes of at least 4 members (excludes halogenated alkanes) is 1. The predicted octanol–water partition coefficient (Wildman–Crippen LogP) is 4.36. The van der Waals surface area contributed by atoms with Gasteiger partial charge in [-0.3, -0.25) is 24.3 Å². The van der Waals surface area contributed by atoms with E-state index < -0.39 is 48.4 Å². The second-order valence-corrected chi connectivity index (χ2v) is 10.3. The number of hydrogen-bond acceptors (Lipinski definition) is 6. The van der Waals surface area contributed by atoms with Gasteiger partial charge in [0, 0.05) is 30.3 Å². The Morgan fingerprint density at radius 3 is 2.28 bits per heavy atom. The van der Waals surface area contributed by atoms with Crippen molar-refractivity contribution in [2.45, 2.75) is 44.4 Å². The standard InChI is InChI=1S/C33H30F3N5O5/c1-21(19-27(42)46-31(45)33(34,35)36)40-28(23-12-6-2-7-13-23)30(44)41(24-14-8-3-9-15-24)26-17-16-22(20-25(26)29(40)43)11-5-4-10-18-39-32(37)38/h2-3,6-9,12-17,20-21,28H,4,10,18-19H2,1H3,(H4,37,38,39). The van der Waals surface area contributed by atoms with Crippen molar-refractivity contribution in [3.05, 3.63) is 95.6 Å². The van der Waals surface area contributed by atoms with Crippen LogP contribution in [-0.4, -0.2) is 53.4 Å². The summed E-state index contributed by atoms with van der Waals surface area (Å²) < 4.78 is 42.3. The van der Waals surface area contributed by atoms with Gasteiger partial charge in [-0.15, -0.1) is 0 Å². The zero-order chi connectivity index (χ0) is 33.4. The third-order valence-electron chi connectivity index (χ3n) is 6.93. The number of aliphatic imine (C=N–C) groups is 1.